The normalized spacial score (nSPS) is 11.4. The molecule has 0 aliphatic heterocycles. The highest BCUT2D eigenvalue weighted by molar-refractivity contribution is 5.88. The van der Waals surface area contributed by atoms with E-state index in [1.54, 1.807) is 0 Å². The van der Waals surface area contributed by atoms with Crippen molar-refractivity contribution in [1.82, 2.24) is 14.2 Å². The summed E-state index contributed by atoms with van der Waals surface area (Å²) in [5.74, 6) is 0. The third-order valence-electron chi connectivity index (χ3n) is 3.36. The molecule has 0 aliphatic rings. The minimum Gasteiger partial charge on any atom is -0.397 e. The average Bonchev–Trinajstić information content (AvgIpc) is 3.05. The average molecular weight is 248 g/mol. The summed E-state index contributed by atoms with van der Waals surface area (Å²) in [4.78, 5) is 0. The molecule has 0 atom stereocenters. The molecule has 2 N–H and O–H groups in total. The van der Waals surface area contributed by atoms with Crippen LogP contribution in [0.1, 0.15) is 0 Å². The van der Waals surface area contributed by atoms with E-state index < -0.39 is 0 Å². The molecule has 0 radical (unpaired) electrons. The quantitative estimate of drug-likeness (QED) is 0.563. The van der Waals surface area contributed by atoms with Gasteiger partial charge in [-0.05, 0) is 30.3 Å². The number of nitrogens with two attached hydrogens (primary N) is 1. The maximum absolute atomic E-state index is 6.06. The van der Waals surface area contributed by atoms with E-state index in [9.17, 15) is 0 Å². The van der Waals surface area contributed by atoms with Crippen molar-refractivity contribution in [3.05, 3.63) is 60.9 Å². The van der Waals surface area contributed by atoms with Gasteiger partial charge in [0.15, 0.2) is 0 Å². The van der Waals surface area contributed by atoms with Crippen LogP contribution in [-0.2, 0) is 0 Å². The molecule has 4 nitrogen and oxygen atoms in total. The van der Waals surface area contributed by atoms with Crippen LogP contribution in [-0.4, -0.2) is 14.2 Å². The number of pyridine rings is 1. The molecule has 0 bridgehead atoms. The number of nitrogen functional groups attached to an aromatic ring is 1. The lowest BCUT2D eigenvalue weighted by Crippen LogP contribution is -2.00. The Morgan fingerprint density at radius 3 is 2.68 bits per heavy atom. The first-order valence-electron chi connectivity index (χ1n) is 6.13. The molecular formula is C15H12N4. The summed E-state index contributed by atoms with van der Waals surface area (Å²) in [6.07, 6.45) is 3.85. The first-order chi connectivity index (χ1) is 9.34. The van der Waals surface area contributed by atoms with E-state index in [1.165, 1.54) is 0 Å². The SMILES string of the molecule is Nc1cc2cnn(-c3ccccc3)c2n2cccc12. The van der Waals surface area contributed by atoms with Gasteiger partial charge in [-0.1, -0.05) is 18.2 Å². The third kappa shape index (κ3) is 1.37. The largest absolute Gasteiger partial charge is 0.397 e. The van der Waals surface area contributed by atoms with Crippen molar-refractivity contribution in [2.75, 3.05) is 5.73 Å². The summed E-state index contributed by atoms with van der Waals surface area (Å²) in [7, 11) is 0. The molecule has 1 aromatic carbocycles. The molecule has 0 saturated heterocycles. The van der Waals surface area contributed by atoms with E-state index in [0.717, 1.165) is 27.9 Å². The van der Waals surface area contributed by atoms with Crippen LogP contribution in [0.5, 0.6) is 0 Å². The molecule has 0 unspecified atom stereocenters. The van der Waals surface area contributed by atoms with Gasteiger partial charge in [-0.3, -0.25) is 4.40 Å². The maximum Gasteiger partial charge on any atom is 0.148 e. The number of hydrogen-bond donors (Lipinski definition) is 1. The molecule has 4 heteroatoms. The Labute approximate surface area is 109 Å². The molecule has 4 rings (SSSR count). The van der Waals surface area contributed by atoms with Gasteiger partial charge in [0.2, 0.25) is 0 Å². The van der Waals surface area contributed by atoms with Gasteiger partial charge in [-0.2, -0.15) is 5.10 Å². The van der Waals surface area contributed by atoms with Gasteiger partial charge in [0.25, 0.3) is 0 Å². The number of hydrogen-bond acceptors (Lipinski definition) is 2. The molecule has 0 saturated carbocycles. The zero-order valence-corrected chi connectivity index (χ0v) is 10.2. The lowest BCUT2D eigenvalue weighted by molar-refractivity contribution is 0.889. The zero-order valence-electron chi connectivity index (χ0n) is 10.2. The minimum atomic E-state index is 0.769. The molecule has 0 amide bonds. The molecule has 3 heterocycles. The monoisotopic (exact) mass is 248 g/mol. The minimum absolute atomic E-state index is 0.769. The predicted octanol–water partition coefficient (Wildman–Crippen LogP) is 2.86. The number of rotatable bonds is 1. The number of para-hydroxylation sites is 1. The molecule has 0 spiro atoms. The van der Waals surface area contributed by atoms with Gasteiger partial charge in [-0.15, -0.1) is 0 Å². The van der Waals surface area contributed by atoms with Crippen LogP contribution in [0, 0.1) is 0 Å². The highest BCUT2D eigenvalue weighted by Gasteiger charge is 2.10. The van der Waals surface area contributed by atoms with Gasteiger partial charge >= 0.3 is 0 Å². The van der Waals surface area contributed by atoms with Crippen LogP contribution in [0.3, 0.4) is 0 Å². The lowest BCUT2D eigenvalue weighted by atomic mass is 10.3. The second-order valence-electron chi connectivity index (χ2n) is 4.53. The Bertz CT molecular complexity index is 871. The van der Waals surface area contributed by atoms with Crippen molar-refractivity contribution < 1.29 is 0 Å². The summed E-state index contributed by atoms with van der Waals surface area (Å²) >= 11 is 0. The van der Waals surface area contributed by atoms with E-state index in [1.807, 2.05) is 65.6 Å². The zero-order chi connectivity index (χ0) is 12.8. The predicted molar refractivity (Wildman–Crippen MR) is 76.4 cm³/mol. The lowest BCUT2D eigenvalue weighted by Gasteiger charge is -2.07. The highest BCUT2D eigenvalue weighted by atomic mass is 15.3. The molecular weight excluding hydrogens is 236 g/mol. The molecule has 3 aromatic heterocycles. The Morgan fingerprint density at radius 1 is 1.00 bits per heavy atom. The van der Waals surface area contributed by atoms with Crippen molar-refractivity contribution >= 4 is 22.2 Å². The molecule has 0 aliphatic carbocycles. The molecule has 4 aromatic rings. The Morgan fingerprint density at radius 2 is 1.84 bits per heavy atom. The Hall–Kier alpha value is -2.75. The summed E-state index contributed by atoms with van der Waals surface area (Å²) in [5, 5.41) is 5.51. The maximum atomic E-state index is 6.06. The number of anilines is 1. The van der Waals surface area contributed by atoms with Gasteiger partial charge in [0.05, 0.1) is 23.1 Å². The number of fused-ring (bicyclic) bond motifs is 3. The first kappa shape index (κ1) is 10.2. The molecule has 92 valence electrons. The van der Waals surface area contributed by atoms with Crippen molar-refractivity contribution in [2.45, 2.75) is 0 Å². The van der Waals surface area contributed by atoms with E-state index in [0.29, 0.717) is 0 Å². The number of aromatic nitrogens is 3. The van der Waals surface area contributed by atoms with Crippen molar-refractivity contribution in [3.8, 4) is 5.69 Å². The van der Waals surface area contributed by atoms with Gasteiger partial charge in [-0.25, -0.2) is 4.68 Å². The van der Waals surface area contributed by atoms with Gasteiger partial charge in [0.1, 0.15) is 5.65 Å². The number of benzene rings is 1. The van der Waals surface area contributed by atoms with Crippen molar-refractivity contribution in [2.24, 2.45) is 0 Å². The smallest absolute Gasteiger partial charge is 0.148 e. The fourth-order valence-corrected chi connectivity index (χ4v) is 2.50. The molecule has 19 heavy (non-hydrogen) atoms. The standard InChI is InChI=1S/C15H12N4/c16-13-9-11-10-17-19(12-5-2-1-3-6-12)15(11)18-8-4-7-14(13)18/h1-10H,16H2. The fraction of sp³-hybridized carbons (Fsp3) is 0. The first-order valence-corrected chi connectivity index (χ1v) is 6.13. The van der Waals surface area contributed by atoms with Crippen LogP contribution in [0.25, 0.3) is 22.2 Å². The highest BCUT2D eigenvalue weighted by Crippen LogP contribution is 2.25. The summed E-state index contributed by atoms with van der Waals surface area (Å²) in [6, 6.07) is 16.1. The van der Waals surface area contributed by atoms with Crippen molar-refractivity contribution in [3.63, 3.8) is 0 Å². The summed E-state index contributed by atoms with van der Waals surface area (Å²) < 4.78 is 4.01. The number of nitrogens with zero attached hydrogens (tertiary/aromatic N) is 3. The van der Waals surface area contributed by atoms with Crippen molar-refractivity contribution in [1.29, 1.82) is 0 Å². The van der Waals surface area contributed by atoms with E-state index in [4.69, 9.17) is 5.73 Å². The van der Waals surface area contributed by atoms with Crippen LogP contribution in [0.4, 0.5) is 5.69 Å². The van der Waals surface area contributed by atoms with Crippen LogP contribution in [0.15, 0.2) is 60.9 Å². The van der Waals surface area contributed by atoms with Crippen LogP contribution in [0.2, 0.25) is 0 Å². The second kappa shape index (κ2) is 3.62. The summed E-state index contributed by atoms with van der Waals surface area (Å²) in [5.41, 5.74) is 9.90. The Balaban J connectivity index is 2.16. The third-order valence-corrected chi connectivity index (χ3v) is 3.36. The van der Waals surface area contributed by atoms with E-state index >= 15 is 0 Å². The van der Waals surface area contributed by atoms with Crippen LogP contribution < -0.4 is 5.73 Å². The summed E-state index contributed by atoms with van der Waals surface area (Å²) in [6.45, 7) is 0. The van der Waals surface area contributed by atoms with Gasteiger partial charge < -0.3 is 5.73 Å². The second-order valence-corrected chi connectivity index (χ2v) is 4.53. The van der Waals surface area contributed by atoms with Gasteiger partial charge in [0, 0.05) is 11.6 Å². The fourth-order valence-electron chi connectivity index (χ4n) is 2.50. The van der Waals surface area contributed by atoms with Crippen LogP contribution >= 0.6 is 0 Å². The van der Waals surface area contributed by atoms with E-state index in [2.05, 4.69) is 9.50 Å². The molecule has 0 fully saturated rings. The van der Waals surface area contributed by atoms with E-state index in [-0.39, 0.29) is 0 Å². The topological polar surface area (TPSA) is 48.2 Å². The Kier molecular flexibility index (Phi) is 1.94.